The fourth-order valence-corrected chi connectivity index (χ4v) is 3.12. The summed E-state index contributed by atoms with van der Waals surface area (Å²) in [7, 11) is 1.83. The second-order valence-corrected chi connectivity index (χ2v) is 6.33. The summed E-state index contributed by atoms with van der Waals surface area (Å²) < 4.78 is 0. The molecule has 1 atom stereocenters. The number of likely N-dealkylation sites (tertiary alicyclic amines) is 1. The quantitative estimate of drug-likeness (QED) is 0.412. The van der Waals surface area contributed by atoms with Crippen molar-refractivity contribution in [1.82, 2.24) is 20.5 Å². The zero-order chi connectivity index (χ0) is 15.2. The lowest BCUT2D eigenvalue weighted by atomic mass is 10.1. The summed E-state index contributed by atoms with van der Waals surface area (Å²) in [6.45, 7) is 4.41. The highest BCUT2D eigenvalue weighted by Gasteiger charge is 2.34. The van der Waals surface area contributed by atoms with E-state index in [1.165, 1.54) is 32.4 Å². The number of guanidine groups is 1. The monoisotopic (exact) mass is 429 g/mol. The Bertz CT molecular complexity index is 489. The van der Waals surface area contributed by atoms with Gasteiger partial charge in [0.05, 0.1) is 0 Å². The molecular formula is C17H28IN5. The number of halogens is 1. The number of nitrogens with zero attached hydrogens (tertiary/aromatic N) is 3. The highest BCUT2D eigenvalue weighted by Crippen LogP contribution is 2.31. The van der Waals surface area contributed by atoms with E-state index in [1.54, 1.807) is 0 Å². The Morgan fingerprint density at radius 1 is 1.30 bits per heavy atom. The maximum Gasteiger partial charge on any atom is 0.190 e. The molecule has 0 radical (unpaired) electrons. The van der Waals surface area contributed by atoms with Crippen LogP contribution in [0.5, 0.6) is 0 Å². The van der Waals surface area contributed by atoms with Crippen molar-refractivity contribution in [2.75, 3.05) is 33.2 Å². The molecule has 128 valence electrons. The molecule has 6 heteroatoms. The van der Waals surface area contributed by atoms with Gasteiger partial charge in [0.25, 0.3) is 0 Å². The van der Waals surface area contributed by atoms with E-state index in [9.17, 15) is 0 Å². The van der Waals surface area contributed by atoms with E-state index in [-0.39, 0.29) is 24.0 Å². The van der Waals surface area contributed by atoms with Gasteiger partial charge in [-0.3, -0.25) is 9.98 Å². The maximum atomic E-state index is 4.34. The van der Waals surface area contributed by atoms with Gasteiger partial charge < -0.3 is 15.5 Å². The maximum absolute atomic E-state index is 4.34. The fourth-order valence-electron chi connectivity index (χ4n) is 3.12. The van der Waals surface area contributed by atoms with Crippen LogP contribution in [-0.2, 0) is 6.42 Å². The molecule has 5 nitrogen and oxygen atoms in total. The van der Waals surface area contributed by atoms with Gasteiger partial charge in [-0.2, -0.15) is 0 Å². The van der Waals surface area contributed by atoms with E-state index in [1.807, 2.05) is 25.4 Å². The average molecular weight is 429 g/mol. The zero-order valence-electron chi connectivity index (χ0n) is 13.9. The summed E-state index contributed by atoms with van der Waals surface area (Å²) in [6.07, 6.45) is 6.90. The second-order valence-electron chi connectivity index (χ2n) is 6.33. The van der Waals surface area contributed by atoms with Crippen molar-refractivity contribution in [3.8, 4) is 0 Å². The Morgan fingerprint density at radius 2 is 2.17 bits per heavy atom. The van der Waals surface area contributed by atoms with Crippen molar-refractivity contribution in [3.05, 3.63) is 30.1 Å². The predicted molar refractivity (Wildman–Crippen MR) is 105 cm³/mol. The van der Waals surface area contributed by atoms with Gasteiger partial charge in [-0.05, 0) is 43.9 Å². The van der Waals surface area contributed by atoms with E-state index in [0.717, 1.165) is 43.1 Å². The summed E-state index contributed by atoms with van der Waals surface area (Å²) in [4.78, 5) is 11.3. The molecule has 1 aromatic rings. The lowest BCUT2D eigenvalue weighted by Crippen LogP contribution is -2.41. The van der Waals surface area contributed by atoms with Gasteiger partial charge >= 0.3 is 0 Å². The first-order chi connectivity index (χ1) is 10.8. The average Bonchev–Trinajstić information content (AvgIpc) is 3.30. The van der Waals surface area contributed by atoms with Crippen molar-refractivity contribution in [1.29, 1.82) is 0 Å². The molecule has 0 amide bonds. The molecule has 1 unspecified atom stereocenters. The Labute approximate surface area is 156 Å². The van der Waals surface area contributed by atoms with Gasteiger partial charge in [0, 0.05) is 51.0 Å². The lowest BCUT2D eigenvalue weighted by molar-refractivity contribution is 0.314. The molecule has 0 aromatic carbocycles. The van der Waals surface area contributed by atoms with Crippen LogP contribution in [0.25, 0.3) is 0 Å². The number of hydrogen-bond donors (Lipinski definition) is 2. The van der Waals surface area contributed by atoms with Gasteiger partial charge in [0.1, 0.15) is 0 Å². The number of aromatic nitrogens is 1. The van der Waals surface area contributed by atoms with E-state index in [0.29, 0.717) is 0 Å². The van der Waals surface area contributed by atoms with E-state index in [4.69, 9.17) is 0 Å². The zero-order valence-corrected chi connectivity index (χ0v) is 16.2. The molecule has 1 aliphatic carbocycles. The SMILES string of the molecule is CN=C(NCCc1ccccn1)NCC1CCN(C2CC2)C1.I. The molecule has 0 bridgehead atoms. The third-order valence-electron chi connectivity index (χ3n) is 4.56. The number of pyridine rings is 1. The van der Waals surface area contributed by atoms with E-state index >= 15 is 0 Å². The van der Waals surface area contributed by atoms with Crippen LogP contribution in [0.3, 0.4) is 0 Å². The smallest absolute Gasteiger partial charge is 0.190 e. The second kappa shape index (κ2) is 9.42. The molecule has 3 rings (SSSR count). The van der Waals surface area contributed by atoms with Crippen molar-refractivity contribution in [3.63, 3.8) is 0 Å². The molecule has 1 aliphatic heterocycles. The Kier molecular flexibility index (Phi) is 7.55. The molecule has 2 fully saturated rings. The number of rotatable bonds is 6. The fraction of sp³-hybridized carbons (Fsp3) is 0.647. The van der Waals surface area contributed by atoms with Crippen LogP contribution in [0.2, 0.25) is 0 Å². The molecule has 2 N–H and O–H groups in total. The van der Waals surface area contributed by atoms with Gasteiger partial charge in [0.15, 0.2) is 5.96 Å². The molecular weight excluding hydrogens is 401 g/mol. The van der Waals surface area contributed by atoms with Gasteiger partial charge in [-0.1, -0.05) is 6.07 Å². The predicted octanol–water partition coefficient (Wildman–Crippen LogP) is 1.89. The van der Waals surface area contributed by atoms with Crippen molar-refractivity contribution in [2.45, 2.75) is 31.7 Å². The van der Waals surface area contributed by atoms with Crippen LogP contribution >= 0.6 is 24.0 Å². The first kappa shape index (κ1) is 18.4. The third kappa shape index (κ3) is 5.91. The largest absolute Gasteiger partial charge is 0.356 e. The van der Waals surface area contributed by atoms with Crippen LogP contribution in [-0.4, -0.2) is 55.1 Å². The minimum absolute atomic E-state index is 0. The van der Waals surface area contributed by atoms with Crippen LogP contribution in [0.4, 0.5) is 0 Å². The first-order valence-corrected chi connectivity index (χ1v) is 8.43. The molecule has 23 heavy (non-hydrogen) atoms. The normalized spacial score (nSPS) is 21.8. The van der Waals surface area contributed by atoms with Gasteiger partial charge in [-0.15, -0.1) is 24.0 Å². The number of hydrogen-bond acceptors (Lipinski definition) is 3. The van der Waals surface area contributed by atoms with Gasteiger partial charge in [-0.25, -0.2) is 0 Å². The molecule has 1 saturated carbocycles. The summed E-state index contributed by atoms with van der Waals surface area (Å²) in [5.74, 6) is 1.66. The first-order valence-electron chi connectivity index (χ1n) is 8.43. The van der Waals surface area contributed by atoms with Crippen molar-refractivity contribution >= 4 is 29.9 Å². The Morgan fingerprint density at radius 3 is 2.87 bits per heavy atom. The Balaban J connectivity index is 0.00000192. The van der Waals surface area contributed by atoms with E-state index < -0.39 is 0 Å². The molecule has 1 saturated heterocycles. The van der Waals surface area contributed by atoms with Crippen LogP contribution in [0, 0.1) is 5.92 Å². The highest BCUT2D eigenvalue weighted by atomic mass is 127. The third-order valence-corrected chi connectivity index (χ3v) is 4.56. The Hall–Kier alpha value is -0.890. The highest BCUT2D eigenvalue weighted by molar-refractivity contribution is 14.0. The van der Waals surface area contributed by atoms with Crippen molar-refractivity contribution < 1.29 is 0 Å². The van der Waals surface area contributed by atoms with Crippen molar-refractivity contribution in [2.24, 2.45) is 10.9 Å². The molecule has 2 heterocycles. The summed E-state index contributed by atoms with van der Waals surface area (Å²) >= 11 is 0. The van der Waals surface area contributed by atoms with Gasteiger partial charge in [0.2, 0.25) is 0 Å². The molecule has 2 aliphatic rings. The topological polar surface area (TPSA) is 52.6 Å². The molecule has 1 aromatic heterocycles. The van der Waals surface area contributed by atoms with E-state index in [2.05, 4.69) is 31.6 Å². The van der Waals surface area contributed by atoms with Crippen LogP contribution in [0.1, 0.15) is 25.0 Å². The number of nitrogens with one attached hydrogen (secondary N) is 2. The summed E-state index contributed by atoms with van der Waals surface area (Å²) in [5, 5.41) is 6.84. The summed E-state index contributed by atoms with van der Waals surface area (Å²) in [5.41, 5.74) is 1.11. The minimum atomic E-state index is 0. The summed E-state index contributed by atoms with van der Waals surface area (Å²) in [6, 6.07) is 6.94. The van der Waals surface area contributed by atoms with Crippen LogP contribution < -0.4 is 10.6 Å². The lowest BCUT2D eigenvalue weighted by Gasteiger charge is -2.17. The number of aliphatic imine (C=N–C) groups is 1. The minimum Gasteiger partial charge on any atom is -0.356 e. The van der Waals surface area contributed by atoms with Crippen LogP contribution in [0.15, 0.2) is 29.4 Å². The molecule has 0 spiro atoms. The standard InChI is InChI=1S/C17H27N5.HI/c1-18-17(20-10-7-15-4-2-3-9-19-15)21-12-14-8-11-22(13-14)16-5-6-16;/h2-4,9,14,16H,5-8,10-13H2,1H3,(H2,18,20,21);1H.